The molecule has 2 atom stereocenters. The highest BCUT2D eigenvalue weighted by molar-refractivity contribution is 5.82. The Morgan fingerprint density at radius 1 is 1.40 bits per heavy atom. The molecule has 0 aliphatic carbocycles. The molecule has 1 aliphatic heterocycles. The molecular weight excluding hydrogens is 260 g/mol. The smallest absolute Gasteiger partial charge is 0.326 e. The highest BCUT2D eigenvalue weighted by Crippen LogP contribution is 2.19. The Morgan fingerprint density at radius 2 is 2.10 bits per heavy atom. The van der Waals surface area contributed by atoms with Gasteiger partial charge in [0.05, 0.1) is 0 Å². The lowest BCUT2D eigenvalue weighted by Crippen LogP contribution is -2.51. The van der Waals surface area contributed by atoms with Crippen LogP contribution in [-0.2, 0) is 4.79 Å². The molecule has 6 nitrogen and oxygen atoms in total. The van der Waals surface area contributed by atoms with E-state index in [1.165, 1.54) is 0 Å². The van der Waals surface area contributed by atoms with Gasteiger partial charge in [-0.15, -0.1) is 0 Å². The third kappa shape index (κ3) is 5.36. The Balaban J connectivity index is 2.53. The van der Waals surface area contributed by atoms with Gasteiger partial charge < -0.3 is 20.4 Å². The number of amides is 2. The van der Waals surface area contributed by atoms with E-state index >= 15 is 0 Å². The number of aliphatic carboxylic acids is 1. The standard InChI is InChI=1S/C14H26N2O4/c1-10(2)8-12(13(18)19)15-14(20)16-6-3-4-11(9-16)5-7-17/h10-12,17H,3-9H2,1-2H3,(H,15,20)(H,18,19)/t11?,12-/m1/s1. The molecule has 1 fully saturated rings. The summed E-state index contributed by atoms with van der Waals surface area (Å²) in [6, 6.07) is -1.14. The second kappa shape index (κ2) is 8.09. The van der Waals surface area contributed by atoms with E-state index in [-0.39, 0.29) is 18.6 Å². The van der Waals surface area contributed by atoms with Crippen LogP contribution < -0.4 is 5.32 Å². The fraction of sp³-hybridized carbons (Fsp3) is 0.857. The van der Waals surface area contributed by atoms with E-state index in [1.807, 2.05) is 13.8 Å². The Kier molecular flexibility index (Phi) is 6.78. The predicted molar refractivity (Wildman–Crippen MR) is 75.4 cm³/mol. The molecule has 0 spiro atoms. The number of nitrogens with zero attached hydrogens (tertiary/aromatic N) is 1. The molecule has 0 aromatic carbocycles. The van der Waals surface area contributed by atoms with Crippen molar-refractivity contribution < 1.29 is 19.8 Å². The molecule has 116 valence electrons. The molecule has 0 bridgehead atoms. The number of aliphatic hydroxyl groups excluding tert-OH is 1. The van der Waals surface area contributed by atoms with Gasteiger partial charge in [-0.1, -0.05) is 13.8 Å². The van der Waals surface area contributed by atoms with Crippen LogP contribution >= 0.6 is 0 Å². The molecule has 2 amide bonds. The van der Waals surface area contributed by atoms with Gasteiger partial charge in [0.1, 0.15) is 6.04 Å². The molecule has 0 aromatic heterocycles. The Hall–Kier alpha value is -1.30. The maximum atomic E-state index is 12.1. The molecule has 3 N–H and O–H groups in total. The SMILES string of the molecule is CC(C)C[C@@H](NC(=O)N1CCCC(CCO)C1)C(=O)O. The van der Waals surface area contributed by atoms with Crippen LogP contribution in [-0.4, -0.2) is 52.9 Å². The van der Waals surface area contributed by atoms with Crippen LogP contribution in [0.15, 0.2) is 0 Å². The van der Waals surface area contributed by atoms with Crippen LogP contribution in [0.1, 0.15) is 39.5 Å². The number of carboxylic acids is 1. The van der Waals surface area contributed by atoms with Gasteiger partial charge in [-0.25, -0.2) is 9.59 Å². The minimum atomic E-state index is -0.990. The number of rotatable bonds is 6. The van der Waals surface area contributed by atoms with Crippen LogP contribution in [0.4, 0.5) is 4.79 Å². The fourth-order valence-electron chi connectivity index (χ4n) is 2.60. The molecule has 1 rings (SSSR count). The van der Waals surface area contributed by atoms with Crippen molar-refractivity contribution >= 4 is 12.0 Å². The third-order valence-corrected chi connectivity index (χ3v) is 3.65. The summed E-state index contributed by atoms with van der Waals surface area (Å²) in [5.74, 6) is -0.469. The molecule has 6 heteroatoms. The van der Waals surface area contributed by atoms with Gasteiger partial charge in [0.15, 0.2) is 0 Å². The zero-order chi connectivity index (χ0) is 15.1. The molecule has 0 radical (unpaired) electrons. The molecule has 1 heterocycles. The van der Waals surface area contributed by atoms with E-state index in [9.17, 15) is 9.59 Å². The van der Waals surface area contributed by atoms with E-state index in [1.54, 1.807) is 4.90 Å². The monoisotopic (exact) mass is 286 g/mol. The summed E-state index contributed by atoms with van der Waals surface area (Å²) in [6.45, 7) is 5.24. The summed E-state index contributed by atoms with van der Waals surface area (Å²) >= 11 is 0. The van der Waals surface area contributed by atoms with E-state index in [4.69, 9.17) is 10.2 Å². The first-order valence-corrected chi connectivity index (χ1v) is 7.33. The van der Waals surface area contributed by atoms with E-state index in [0.29, 0.717) is 31.8 Å². The average Bonchev–Trinajstić information content (AvgIpc) is 2.38. The number of likely N-dealkylation sites (tertiary alicyclic amines) is 1. The highest BCUT2D eigenvalue weighted by Gasteiger charge is 2.27. The molecule has 1 aliphatic rings. The zero-order valence-electron chi connectivity index (χ0n) is 12.3. The van der Waals surface area contributed by atoms with Crippen LogP contribution in [0.3, 0.4) is 0 Å². The predicted octanol–water partition coefficient (Wildman–Crippen LogP) is 1.29. The van der Waals surface area contributed by atoms with Crippen molar-refractivity contribution in [2.24, 2.45) is 11.8 Å². The molecule has 20 heavy (non-hydrogen) atoms. The number of hydrogen-bond acceptors (Lipinski definition) is 3. The number of nitrogens with one attached hydrogen (secondary N) is 1. The minimum Gasteiger partial charge on any atom is -0.480 e. The summed E-state index contributed by atoms with van der Waals surface area (Å²) < 4.78 is 0. The van der Waals surface area contributed by atoms with Crippen molar-refractivity contribution in [3.8, 4) is 0 Å². The fourth-order valence-corrected chi connectivity index (χ4v) is 2.60. The first-order chi connectivity index (χ1) is 9.43. The van der Waals surface area contributed by atoms with Gasteiger partial charge in [-0.3, -0.25) is 0 Å². The van der Waals surface area contributed by atoms with Gasteiger partial charge >= 0.3 is 12.0 Å². The Labute approximate surface area is 120 Å². The van der Waals surface area contributed by atoms with Crippen molar-refractivity contribution in [2.45, 2.75) is 45.6 Å². The summed E-state index contributed by atoms with van der Waals surface area (Å²) in [4.78, 5) is 25.0. The van der Waals surface area contributed by atoms with Crippen molar-refractivity contribution in [1.82, 2.24) is 10.2 Å². The molecule has 1 saturated heterocycles. The summed E-state index contributed by atoms with van der Waals surface area (Å²) in [5, 5.41) is 20.7. The maximum absolute atomic E-state index is 12.1. The number of aliphatic hydroxyl groups is 1. The Bertz CT molecular complexity index is 331. The summed E-state index contributed by atoms with van der Waals surface area (Å²) in [6.07, 6.45) is 3.03. The van der Waals surface area contributed by atoms with Gasteiger partial charge in [0.2, 0.25) is 0 Å². The first kappa shape index (κ1) is 16.8. The van der Waals surface area contributed by atoms with Crippen molar-refractivity contribution in [1.29, 1.82) is 0 Å². The maximum Gasteiger partial charge on any atom is 0.326 e. The van der Waals surface area contributed by atoms with Crippen molar-refractivity contribution in [2.75, 3.05) is 19.7 Å². The normalized spacial score (nSPS) is 20.8. The average molecular weight is 286 g/mol. The number of carbonyl (C=O) groups is 2. The van der Waals surface area contributed by atoms with Crippen molar-refractivity contribution in [3.63, 3.8) is 0 Å². The first-order valence-electron chi connectivity index (χ1n) is 7.33. The van der Waals surface area contributed by atoms with Crippen LogP contribution in [0.5, 0.6) is 0 Å². The molecule has 0 saturated carbocycles. The summed E-state index contributed by atoms with van der Waals surface area (Å²) in [7, 11) is 0. The minimum absolute atomic E-state index is 0.130. The summed E-state index contributed by atoms with van der Waals surface area (Å²) in [5.41, 5.74) is 0. The van der Waals surface area contributed by atoms with E-state index in [2.05, 4.69) is 5.32 Å². The zero-order valence-corrected chi connectivity index (χ0v) is 12.3. The lowest BCUT2D eigenvalue weighted by Gasteiger charge is -2.33. The van der Waals surface area contributed by atoms with Crippen LogP contribution in [0, 0.1) is 11.8 Å². The topological polar surface area (TPSA) is 89.9 Å². The van der Waals surface area contributed by atoms with Crippen molar-refractivity contribution in [3.05, 3.63) is 0 Å². The molecule has 0 aromatic rings. The third-order valence-electron chi connectivity index (χ3n) is 3.65. The lowest BCUT2D eigenvalue weighted by atomic mass is 9.95. The highest BCUT2D eigenvalue weighted by atomic mass is 16.4. The quantitative estimate of drug-likeness (QED) is 0.686. The number of carbonyl (C=O) groups excluding carboxylic acids is 1. The van der Waals surface area contributed by atoms with E-state index < -0.39 is 12.0 Å². The van der Waals surface area contributed by atoms with Gasteiger partial charge in [-0.05, 0) is 37.5 Å². The van der Waals surface area contributed by atoms with Crippen LogP contribution in [0.2, 0.25) is 0 Å². The Morgan fingerprint density at radius 3 is 2.65 bits per heavy atom. The number of urea groups is 1. The number of piperidine rings is 1. The largest absolute Gasteiger partial charge is 0.480 e. The lowest BCUT2D eigenvalue weighted by molar-refractivity contribution is -0.139. The van der Waals surface area contributed by atoms with Crippen LogP contribution in [0.25, 0.3) is 0 Å². The van der Waals surface area contributed by atoms with Gasteiger partial charge in [-0.2, -0.15) is 0 Å². The van der Waals surface area contributed by atoms with Gasteiger partial charge in [0, 0.05) is 19.7 Å². The molecule has 1 unspecified atom stereocenters. The van der Waals surface area contributed by atoms with Gasteiger partial charge in [0.25, 0.3) is 0 Å². The number of hydrogen-bond donors (Lipinski definition) is 3. The second-order valence-electron chi connectivity index (χ2n) is 5.94. The number of carboxylic acid groups (broad SMARTS) is 1. The second-order valence-corrected chi connectivity index (χ2v) is 5.94. The van der Waals surface area contributed by atoms with E-state index in [0.717, 1.165) is 12.8 Å². The molecular formula is C14H26N2O4.